The van der Waals surface area contributed by atoms with Crippen LogP contribution in [0.25, 0.3) is 5.76 Å². The third-order valence-electron chi connectivity index (χ3n) is 6.97. The van der Waals surface area contributed by atoms with Gasteiger partial charge in [-0.1, -0.05) is 6.07 Å². The summed E-state index contributed by atoms with van der Waals surface area (Å²) in [5, 5.41) is 11.5. The first-order valence-corrected chi connectivity index (χ1v) is 13.3. The van der Waals surface area contributed by atoms with Gasteiger partial charge in [0.25, 0.3) is 11.7 Å². The van der Waals surface area contributed by atoms with Gasteiger partial charge >= 0.3 is 0 Å². The Hall–Kier alpha value is -4.27. The molecule has 0 saturated carbocycles. The highest BCUT2D eigenvalue weighted by Crippen LogP contribution is 2.43. The Morgan fingerprint density at radius 3 is 2.62 bits per heavy atom. The second-order valence-corrected chi connectivity index (χ2v) is 9.67. The van der Waals surface area contributed by atoms with Crippen molar-refractivity contribution in [3.8, 4) is 17.2 Å². The molecule has 1 aromatic heterocycles. The van der Waals surface area contributed by atoms with Crippen LogP contribution in [0, 0.1) is 0 Å². The summed E-state index contributed by atoms with van der Waals surface area (Å²) in [5.41, 5.74) is 2.14. The lowest BCUT2D eigenvalue weighted by Gasteiger charge is -2.26. The average Bonchev–Trinajstić information content (AvgIpc) is 3.63. The number of benzene rings is 2. The molecule has 5 rings (SSSR count). The number of aliphatic hydroxyl groups is 1. The summed E-state index contributed by atoms with van der Waals surface area (Å²) in [6.07, 6.45) is 6.61. The van der Waals surface area contributed by atoms with Crippen LogP contribution in [0.2, 0.25) is 0 Å². The van der Waals surface area contributed by atoms with Crippen LogP contribution < -0.4 is 14.2 Å². The number of nitrogens with zero attached hydrogens (tertiary/aromatic N) is 3. The van der Waals surface area contributed by atoms with Gasteiger partial charge in [-0.3, -0.25) is 9.59 Å². The van der Waals surface area contributed by atoms with Crippen LogP contribution in [0.4, 0.5) is 0 Å². The van der Waals surface area contributed by atoms with E-state index in [2.05, 4.69) is 4.98 Å². The van der Waals surface area contributed by atoms with Gasteiger partial charge in [0.1, 0.15) is 17.6 Å². The third kappa shape index (κ3) is 5.21. The summed E-state index contributed by atoms with van der Waals surface area (Å²) in [5.74, 6) is 0.305. The minimum absolute atomic E-state index is 0.0410. The van der Waals surface area contributed by atoms with Crippen LogP contribution in [0.15, 0.2) is 60.7 Å². The van der Waals surface area contributed by atoms with Gasteiger partial charge in [0.15, 0.2) is 11.5 Å². The van der Waals surface area contributed by atoms with Crippen molar-refractivity contribution in [3.63, 3.8) is 0 Å². The van der Waals surface area contributed by atoms with E-state index in [1.165, 1.54) is 4.90 Å². The first kappa shape index (κ1) is 26.3. The van der Waals surface area contributed by atoms with Crippen molar-refractivity contribution in [3.05, 3.63) is 77.4 Å². The summed E-state index contributed by atoms with van der Waals surface area (Å²) < 4.78 is 19.3. The number of aliphatic hydroxyl groups excluding tert-OH is 1. The monoisotopic (exact) mass is 531 g/mol. The van der Waals surface area contributed by atoms with E-state index in [-0.39, 0.29) is 17.4 Å². The molecule has 39 heavy (non-hydrogen) atoms. The average molecular weight is 532 g/mol. The molecule has 204 valence electrons. The zero-order valence-corrected chi connectivity index (χ0v) is 22.4. The third-order valence-corrected chi connectivity index (χ3v) is 6.97. The quantitative estimate of drug-likeness (QED) is 0.233. The highest BCUT2D eigenvalue weighted by Gasteiger charge is 2.46. The van der Waals surface area contributed by atoms with E-state index >= 15 is 0 Å². The van der Waals surface area contributed by atoms with Crippen molar-refractivity contribution >= 4 is 17.4 Å². The molecular formula is C30H33N3O6. The van der Waals surface area contributed by atoms with Gasteiger partial charge in [-0.2, -0.15) is 0 Å². The Labute approximate surface area is 227 Å². The number of rotatable bonds is 10. The molecule has 1 fully saturated rings. The molecule has 0 radical (unpaired) electrons. The van der Waals surface area contributed by atoms with Crippen LogP contribution >= 0.6 is 0 Å². The standard InChI is InChI=1S/C30H33N3O6/c1-4-37-24-10-7-20(17-25(24)38-5-2)27-26(28(34)21-8-9-23-22(16-21)15-19(3)39-23)29(35)30(36)33(27)13-6-12-32-14-11-31-18-32/h7-11,14,16-19,27,34H,4-6,12-13,15H2,1-3H3. The molecule has 3 heterocycles. The van der Waals surface area contributed by atoms with Crippen molar-refractivity contribution in [2.45, 2.75) is 52.3 Å². The summed E-state index contributed by atoms with van der Waals surface area (Å²) in [4.78, 5) is 32.4. The van der Waals surface area contributed by atoms with Gasteiger partial charge in [0, 0.05) is 37.5 Å². The largest absolute Gasteiger partial charge is 0.507 e. The number of fused-ring (bicyclic) bond motifs is 1. The molecule has 2 atom stereocenters. The van der Waals surface area contributed by atoms with Crippen molar-refractivity contribution in [1.82, 2.24) is 14.5 Å². The number of aryl methyl sites for hydroxylation is 1. The lowest BCUT2D eigenvalue weighted by molar-refractivity contribution is -0.139. The smallest absolute Gasteiger partial charge is 0.295 e. The molecule has 2 unspecified atom stereocenters. The Morgan fingerprint density at radius 2 is 1.87 bits per heavy atom. The number of ether oxygens (including phenoxy) is 3. The molecule has 0 bridgehead atoms. The number of imidazole rings is 1. The highest BCUT2D eigenvalue weighted by molar-refractivity contribution is 6.46. The van der Waals surface area contributed by atoms with E-state index < -0.39 is 17.7 Å². The fourth-order valence-corrected chi connectivity index (χ4v) is 5.26. The second kappa shape index (κ2) is 11.2. The maximum atomic E-state index is 13.5. The van der Waals surface area contributed by atoms with Crippen LogP contribution in [0.1, 0.15) is 49.9 Å². The topological polar surface area (TPSA) is 103 Å². The number of amides is 1. The Balaban J connectivity index is 1.57. The molecule has 2 aliphatic heterocycles. The number of hydrogen-bond acceptors (Lipinski definition) is 7. The number of ketones is 1. The van der Waals surface area contributed by atoms with Crippen molar-refractivity contribution in [1.29, 1.82) is 0 Å². The minimum Gasteiger partial charge on any atom is -0.507 e. The number of aromatic nitrogens is 2. The van der Waals surface area contributed by atoms with Gasteiger partial charge in [0.05, 0.1) is 31.2 Å². The lowest BCUT2D eigenvalue weighted by atomic mass is 9.94. The first-order chi connectivity index (χ1) is 18.9. The highest BCUT2D eigenvalue weighted by atomic mass is 16.5. The fourth-order valence-electron chi connectivity index (χ4n) is 5.26. The van der Waals surface area contributed by atoms with Crippen LogP contribution in [-0.4, -0.2) is 57.1 Å². The van der Waals surface area contributed by atoms with E-state index in [1.807, 2.05) is 43.7 Å². The van der Waals surface area contributed by atoms with Gasteiger partial charge < -0.3 is 28.8 Å². The zero-order valence-electron chi connectivity index (χ0n) is 22.4. The molecule has 0 spiro atoms. The van der Waals surface area contributed by atoms with Crippen LogP contribution in [0.5, 0.6) is 17.2 Å². The molecule has 1 N–H and O–H groups in total. The summed E-state index contributed by atoms with van der Waals surface area (Å²) in [6.45, 7) is 7.58. The minimum atomic E-state index is -0.786. The van der Waals surface area contributed by atoms with E-state index in [9.17, 15) is 14.7 Å². The van der Waals surface area contributed by atoms with Crippen LogP contribution in [-0.2, 0) is 22.6 Å². The Kier molecular flexibility index (Phi) is 7.58. The van der Waals surface area contributed by atoms with Crippen molar-refractivity contribution in [2.75, 3.05) is 19.8 Å². The summed E-state index contributed by atoms with van der Waals surface area (Å²) in [7, 11) is 0. The molecule has 9 heteroatoms. The van der Waals surface area contributed by atoms with Gasteiger partial charge in [-0.05, 0) is 68.7 Å². The fraction of sp³-hybridized carbons (Fsp3) is 0.367. The molecule has 1 saturated heterocycles. The maximum absolute atomic E-state index is 13.5. The number of likely N-dealkylation sites (tertiary alicyclic amines) is 1. The Morgan fingerprint density at radius 1 is 1.08 bits per heavy atom. The second-order valence-electron chi connectivity index (χ2n) is 9.67. The van der Waals surface area contributed by atoms with Crippen molar-refractivity contribution in [2.24, 2.45) is 0 Å². The number of carbonyl (C=O) groups is 2. The van der Waals surface area contributed by atoms with Gasteiger partial charge in [-0.25, -0.2) is 4.98 Å². The maximum Gasteiger partial charge on any atom is 0.295 e. The zero-order chi connectivity index (χ0) is 27.5. The lowest BCUT2D eigenvalue weighted by Crippen LogP contribution is -2.31. The van der Waals surface area contributed by atoms with Gasteiger partial charge in [-0.15, -0.1) is 0 Å². The van der Waals surface area contributed by atoms with Crippen LogP contribution in [0.3, 0.4) is 0 Å². The van der Waals surface area contributed by atoms with Crippen molar-refractivity contribution < 1.29 is 28.9 Å². The number of hydrogen-bond donors (Lipinski definition) is 1. The van der Waals surface area contributed by atoms with E-state index in [1.54, 1.807) is 36.8 Å². The van der Waals surface area contributed by atoms with E-state index in [4.69, 9.17) is 14.2 Å². The number of carbonyl (C=O) groups excluding carboxylic acids is 2. The summed E-state index contributed by atoms with van der Waals surface area (Å²) in [6, 6.07) is 9.96. The number of Topliss-reactive ketones (excluding diaryl/α,β-unsaturated/α-hetero) is 1. The molecule has 9 nitrogen and oxygen atoms in total. The van der Waals surface area contributed by atoms with E-state index in [0.29, 0.717) is 61.8 Å². The molecule has 2 aliphatic rings. The molecule has 2 aromatic carbocycles. The first-order valence-electron chi connectivity index (χ1n) is 13.3. The normalized spacial score (nSPS) is 19.7. The predicted octanol–water partition coefficient (Wildman–Crippen LogP) is 4.52. The molecular weight excluding hydrogens is 498 g/mol. The molecule has 3 aromatic rings. The predicted molar refractivity (Wildman–Crippen MR) is 145 cm³/mol. The molecule has 1 amide bonds. The van der Waals surface area contributed by atoms with E-state index in [0.717, 1.165) is 11.3 Å². The van der Waals surface area contributed by atoms with Gasteiger partial charge in [0.2, 0.25) is 0 Å². The summed E-state index contributed by atoms with van der Waals surface area (Å²) >= 11 is 0. The SMILES string of the molecule is CCOc1ccc(C2C(=C(O)c3ccc4c(c3)CC(C)O4)C(=O)C(=O)N2CCCn2ccnc2)cc1OCC. The molecule has 0 aliphatic carbocycles. The Bertz CT molecular complexity index is 1400.